The molecule has 0 aliphatic carbocycles. The number of hydrogen-bond donors (Lipinski definition) is 1. The van der Waals surface area contributed by atoms with E-state index in [9.17, 15) is 0 Å². The molecule has 0 unspecified atom stereocenters. The van der Waals surface area contributed by atoms with Crippen LogP contribution in [0.25, 0.3) is 0 Å². The predicted octanol–water partition coefficient (Wildman–Crippen LogP) is 1.25. The minimum Gasteiger partial charge on any atom is -0.374 e. The van der Waals surface area contributed by atoms with Gasteiger partial charge in [0.25, 0.3) is 0 Å². The second-order valence-electron chi connectivity index (χ2n) is 4.93. The molecule has 3 heteroatoms. The highest BCUT2D eigenvalue weighted by Gasteiger charge is 2.33. The normalized spacial score (nSPS) is 29.9. The van der Waals surface area contributed by atoms with Gasteiger partial charge in [-0.3, -0.25) is 4.90 Å². The maximum absolute atomic E-state index is 5.85. The standard InChI is InChI=1S/C14H20N2O/c1-2-4-12(5-3-1)11-16-8-9-17-14-10-15-7-6-13(14)16/h1-5,13-15H,6-11H2/t13-,14+/m1/s1. The average molecular weight is 232 g/mol. The largest absolute Gasteiger partial charge is 0.374 e. The molecular weight excluding hydrogens is 212 g/mol. The van der Waals surface area contributed by atoms with E-state index in [2.05, 4.69) is 40.5 Å². The monoisotopic (exact) mass is 232 g/mol. The molecule has 2 atom stereocenters. The lowest BCUT2D eigenvalue weighted by atomic mass is 9.99. The summed E-state index contributed by atoms with van der Waals surface area (Å²) in [5.74, 6) is 0. The SMILES string of the molecule is c1ccc(CN2CCO[C@H]3CNCC[C@H]32)cc1. The highest BCUT2D eigenvalue weighted by molar-refractivity contribution is 5.15. The molecule has 2 saturated heterocycles. The Morgan fingerprint density at radius 1 is 1.29 bits per heavy atom. The number of ether oxygens (including phenoxy) is 1. The highest BCUT2D eigenvalue weighted by Crippen LogP contribution is 2.21. The minimum absolute atomic E-state index is 0.390. The first-order chi connectivity index (χ1) is 8.43. The molecule has 3 rings (SSSR count). The van der Waals surface area contributed by atoms with Crippen molar-refractivity contribution in [3.05, 3.63) is 35.9 Å². The summed E-state index contributed by atoms with van der Waals surface area (Å²) in [5.41, 5.74) is 1.41. The molecule has 2 aliphatic heterocycles. The second kappa shape index (κ2) is 5.17. The molecule has 0 aromatic heterocycles. The van der Waals surface area contributed by atoms with Crippen LogP contribution in [0.1, 0.15) is 12.0 Å². The number of nitrogens with zero attached hydrogens (tertiary/aromatic N) is 1. The number of fused-ring (bicyclic) bond motifs is 1. The predicted molar refractivity (Wildman–Crippen MR) is 67.9 cm³/mol. The Kier molecular flexibility index (Phi) is 3.41. The zero-order valence-electron chi connectivity index (χ0n) is 10.1. The van der Waals surface area contributed by atoms with Crippen LogP contribution in [0.15, 0.2) is 30.3 Å². The number of morpholine rings is 1. The third-order valence-corrected chi connectivity index (χ3v) is 3.80. The summed E-state index contributed by atoms with van der Waals surface area (Å²) >= 11 is 0. The van der Waals surface area contributed by atoms with Gasteiger partial charge in [-0.2, -0.15) is 0 Å². The Hall–Kier alpha value is -0.900. The van der Waals surface area contributed by atoms with Gasteiger partial charge in [-0.15, -0.1) is 0 Å². The Bertz CT molecular complexity index is 352. The first-order valence-electron chi connectivity index (χ1n) is 6.54. The molecule has 0 saturated carbocycles. The van der Waals surface area contributed by atoms with E-state index in [4.69, 9.17) is 4.74 Å². The maximum atomic E-state index is 5.85. The lowest BCUT2D eigenvalue weighted by molar-refractivity contribution is -0.0842. The Labute approximate surface area is 103 Å². The van der Waals surface area contributed by atoms with Crippen LogP contribution in [-0.4, -0.2) is 43.3 Å². The molecule has 0 amide bonds. The molecule has 1 aromatic rings. The summed E-state index contributed by atoms with van der Waals surface area (Å²) in [5, 5.41) is 3.42. The van der Waals surface area contributed by atoms with E-state index < -0.39 is 0 Å². The molecule has 1 N–H and O–H groups in total. The fourth-order valence-corrected chi connectivity index (χ4v) is 2.91. The summed E-state index contributed by atoms with van der Waals surface area (Å²) in [6, 6.07) is 11.4. The summed E-state index contributed by atoms with van der Waals surface area (Å²) < 4.78 is 5.85. The maximum Gasteiger partial charge on any atom is 0.0855 e. The number of hydrogen-bond acceptors (Lipinski definition) is 3. The Balaban J connectivity index is 1.69. The molecule has 0 radical (unpaired) electrons. The van der Waals surface area contributed by atoms with E-state index >= 15 is 0 Å². The van der Waals surface area contributed by atoms with E-state index in [1.54, 1.807) is 0 Å². The van der Waals surface area contributed by atoms with Crippen LogP contribution in [0.2, 0.25) is 0 Å². The van der Waals surface area contributed by atoms with Crippen LogP contribution in [0.3, 0.4) is 0 Å². The molecule has 2 fully saturated rings. The Morgan fingerprint density at radius 3 is 3.06 bits per heavy atom. The van der Waals surface area contributed by atoms with Gasteiger partial charge in [-0.25, -0.2) is 0 Å². The second-order valence-corrected chi connectivity index (χ2v) is 4.93. The van der Waals surface area contributed by atoms with Crippen molar-refractivity contribution in [1.82, 2.24) is 10.2 Å². The van der Waals surface area contributed by atoms with E-state index in [-0.39, 0.29) is 0 Å². The smallest absolute Gasteiger partial charge is 0.0855 e. The molecule has 2 aliphatic rings. The molecule has 2 heterocycles. The minimum atomic E-state index is 0.390. The molecular formula is C14H20N2O. The van der Waals surface area contributed by atoms with E-state index in [1.807, 2.05) is 0 Å². The average Bonchev–Trinajstić information content (AvgIpc) is 2.40. The lowest BCUT2D eigenvalue weighted by Gasteiger charge is -2.44. The van der Waals surface area contributed by atoms with E-state index in [0.29, 0.717) is 12.1 Å². The number of piperidine rings is 1. The molecule has 92 valence electrons. The fraction of sp³-hybridized carbons (Fsp3) is 0.571. The van der Waals surface area contributed by atoms with Gasteiger partial charge in [-0.05, 0) is 18.5 Å². The lowest BCUT2D eigenvalue weighted by Crippen LogP contribution is -2.57. The molecule has 1 aromatic carbocycles. The summed E-state index contributed by atoms with van der Waals surface area (Å²) in [7, 11) is 0. The van der Waals surface area contributed by atoms with E-state index in [1.165, 1.54) is 12.0 Å². The van der Waals surface area contributed by atoms with Gasteiger partial charge in [0.15, 0.2) is 0 Å². The van der Waals surface area contributed by atoms with Crippen molar-refractivity contribution >= 4 is 0 Å². The topological polar surface area (TPSA) is 24.5 Å². The van der Waals surface area contributed by atoms with Crippen LogP contribution in [-0.2, 0) is 11.3 Å². The quantitative estimate of drug-likeness (QED) is 0.830. The van der Waals surface area contributed by atoms with Crippen molar-refractivity contribution in [3.8, 4) is 0 Å². The van der Waals surface area contributed by atoms with Gasteiger partial charge in [0.2, 0.25) is 0 Å². The van der Waals surface area contributed by atoms with Crippen molar-refractivity contribution in [2.75, 3.05) is 26.2 Å². The van der Waals surface area contributed by atoms with Gasteiger partial charge in [0, 0.05) is 25.7 Å². The molecule has 0 bridgehead atoms. The first-order valence-corrected chi connectivity index (χ1v) is 6.54. The summed E-state index contributed by atoms with van der Waals surface area (Å²) in [6.07, 6.45) is 1.60. The van der Waals surface area contributed by atoms with E-state index in [0.717, 1.165) is 32.8 Å². The van der Waals surface area contributed by atoms with Gasteiger partial charge >= 0.3 is 0 Å². The zero-order valence-corrected chi connectivity index (χ0v) is 10.1. The van der Waals surface area contributed by atoms with Crippen LogP contribution in [0.4, 0.5) is 0 Å². The van der Waals surface area contributed by atoms with Crippen molar-refractivity contribution < 1.29 is 4.74 Å². The van der Waals surface area contributed by atoms with Gasteiger partial charge < -0.3 is 10.1 Å². The van der Waals surface area contributed by atoms with Crippen molar-refractivity contribution in [2.45, 2.75) is 25.1 Å². The number of nitrogens with one attached hydrogen (secondary N) is 1. The summed E-state index contributed by atoms with van der Waals surface area (Å²) in [6.45, 7) is 5.13. The van der Waals surface area contributed by atoms with Crippen LogP contribution < -0.4 is 5.32 Å². The van der Waals surface area contributed by atoms with Crippen molar-refractivity contribution in [3.63, 3.8) is 0 Å². The van der Waals surface area contributed by atoms with Crippen LogP contribution >= 0.6 is 0 Å². The number of rotatable bonds is 2. The molecule has 0 spiro atoms. The number of benzene rings is 1. The van der Waals surface area contributed by atoms with Gasteiger partial charge in [0.1, 0.15) is 0 Å². The Morgan fingerprint density at radius 2 is 2.18 bits per heavy atom. The van der Waals surface area contributed by atoms with Crippen LogP contribution in [0, 0.1) is 0 Å². The first kappa shape index (κ1) is 11.2. The zero-order chi connectivity index (χ0) is 11.5. The molecule has 3 nitrogen and oxygen atoms in total. The fourth-order valence-electron chi connectivity index (χ4n) is 2.91. The third-order valence-electron chi connectivity index (χ3n) is 3.80. The van der Waals surface area contributed by atoms with Gasteiger partial charge in [0.05, 0.1) is 12.7 Å². The third kappa shape index (κ3) is 2.51. The van der Waals surface area contributed by atoms with Gasteiger partial charge in [-0.1, -0.05) is 30.3 Å². The summed E-state index contributed by atoms with van der Waals surface area (Å²) in [4.78, 5) is 2.59. The molecule has 17 heavy (non-hydrogen) atoms. The van der Waals surface area contributed by atoms with Crippen molar-refractivity contribution in [1.29, 1.82) is 0 Å². The van der Waals surface area contributed by atoms with Crippen LogP contribution in [0.5, 0.6) is 0 Å². The highest BCUT2D eigenvalue weighted by atomic mass is 16.5. The van der Waals surface area contributed by atoms with Crippen molar-refractivity contribution in [2.24, 2.45) is 0 Å².